The van der Waals surface area contributed by atoms with Gasteiger partial charge in [0, 0.05) is 24.9 Å². The van der Waals surface area contributed by atoms with Gasteiger partial charge in [-0.2, -0.15) is 5.10 Å². The number of hydrogen-bond donors (Lipinski definition) is 1. The van der Waals surface area contributed by atoms with Crippen LogP contribution in [0.15, 0.2) is 30.5 Å². The van der Waals surface area contributed by atoms with Gasteiger partial charge in [0.25, 0.3) is 0 Å². The fourth-order valence-corrected chi connectivity index (χ4v) is 1.35. The van der Waals surface area contributed by atoms with Crippen LogP contribution in [0.2, 0.25) is 0 Å². The van der Waals surface area contributed by atoms with Crippen molar-refractivity contribution in [3.05, 3.63) is 36.3 Å². The van der Waals surface area contributed by atoms with Gasteiger partial charge in [-0.15, -0.1) is 0 Å². The van der Waals surface area contributed by atoms with E-state index in [0.29, 0.717) is 11.3 Å². The quantitative estimate of drug-likeness (QED) is 0.749. The maximum absolute atomic E-state index is 13.4. The number of phenols is 1. The Morgan fingerprint density at radius 3 is 2.71 bits per heavy atom. The molecule has 72 valence electrons. The van der Waals surface area contributed by atoms with Gasteiger partial charge in [-0.25, -0.2) is 4.39 Å². The van der Waals surface area contributed by atoms with E-state index in [1.807, 2.05) is 0 Å². The number of halogens is 1. The molecular formula is C10H9FN2O. The van der Waals surface area contributed by atoms with Gasteiger partial charge in [0.05, 0.1) is 5.69 Å². The van der Waals surface area contributed by atoms with Gasteiger partial charge >= 0.3 is 0 Å². The number of hydrogen-bond acceptors (Lipinski definition) is 2. The van der Waals surface area contributed by atoms with Crippen molar-refractivity contribution in [3.63, 3.8) is 0 Å². The molecule has 14 heavy (non-hydrogen) atoms. The molecule has 0 aliphatic rings. The van der Waals surface area contributed by atoms with Crippen molar-refractivity contribution in [2.75, 3.05) is 0 Å². The molecular weight excluding hydrogens is 183 g/mol. The highest BCUT2D eigenvalue weighted by molar-refractivity contribution is 5.61. The molecule has 2 aromatic rings. The summed E-state index contributed by atoms with van der Waals surface area (Å²) in [4.78, 5) is 0. The second kappa shape index (κ2) is 3.14. The van der Waals surface area contributed by atoms with Gasteiger partial charge < -0.3 is 5.11 Å². The standard InChI is InChI=1S/C10H9FN2O/c1-13-10(4-5-12-13)8-3-2-7(14)6-9(8)11/h2-6,14H,1H3. The first-order chi connectivity index (χ1) is 6.68. The van der Waals surface area contributed by atoms with Crippen LogP contribution in [0.4, 0.5) is 4.39 Å². The van der Waals surface area contributed by atoms with Crippen LogP contribution in [0, 0.1) is 5.82 Å². The van der Waals surface area contributed by atoms with Gasteiger partial charge in [-0.1, -0.05) is 0 Å². The maximum Gasteiger partial charge on any atom is 0.136 e. The lowest BCUT2D eigenvalue weighted by atomic mass is 10.1. The minimum absolute atomic E-state index is 0.0755. The van der Waals surface area contributed by atoms with Crippen molar-refractivity contribution < 1.29 is 9.50 Å². The average molecular weight is 192 g/mol. The minimum atomic E-state index is -0.450. The van der Waals surface area contributed by atoms with Gasteiger partial charge in [0.15, 0.2) is 0 Å². The Morgan fingerprint density at radius 1 is 1.36 bits per heavy atom. The van der Waals surface area contributed by atoms with Crippen molar-refractivity contribution in [2.24, 2.45) is 7.05 Å². The normalized spacial score (nSPS) is 10.4. The molecule has 0 atom stereocenters. The van der Waals surface area contributed by atoms with Crippen LogP contribution < -0.4 is 0 Å². The van der Waals surface area contributed by atoms with Crippen molar-refractivity contribution >= 4 is 0 Å². The highest BCUT2D eigenvalue weighted by Gasteiger charge is 2.08. The summed E-state index contributed by atoms with van der Waals surface area (Å²) in [6, 6.07) is 5.78. The van der Waals surface area contributed by atoms with E-state index in [0.717, 1.165) is 6.07 Å². The Labute approximate surface area is 80.4 Å². The third-order valence-electron chi connectivity index (χ3n) is 2.05. The minimum Gasteiger partial charge on any atom is -0.508 e. The van der Waals surface area contributed by atoms with E-state index >= 15 is 0 Å². The first-order valence-electron chi connectivity index (χ1n) is 4.15. The number of aryl methyl sites for hydroxylation is 1. The van der Waals surface area contributed by atoms with E-state index in [2.05, 4.69) is 5.10 Å². The predicted octanol–water partition coefficient (Wildman–Crippen LogP) is 1.93. The van der Waals surface area contributed by atoms with E-state index in [9.17, 15) is 4.39 Å². The number of aromatic nitrogens is 2. The predicted molar refractivity (Wildman–Crippen MR) is 50.3 cm³/mol. The molecule has 0 aliphatic carbocycles. The summed E-state index contributed by atoms with van der Waals surface area (Å²) in [5.41, 5.74) is 1.12. The second-order valence-electron chi connectivity index (χ2n) is 3.00. The molecule has 0 unspecified atom stereocenters. The average Bonchev–Trinajstić information content (AvgIpc) is 2.52. The summed E-state index contributed by atoms with van der Waals surface area (Å²) in [5, 5.41) is 13.0. The summed E-state index contributed by atoms with van der Waals surface area (Å²) < 4.78 is 15.0. The number of nitrogens with zero attached hydrogens (tertiary/aromatic N) is 2. The fraction of sp³-hybridized carbons (Fsp3) is 0.100. The van der Waals surface area contributed by atoms with Crippen LogP contribution in [0.5, 0.6) is 5.75 Å². The molecule has 2 rings (SSSR count). The molecule has 1 N–H and O–H groups in total. The molecule has 0 spiro atoms. The molecule has 1 aromatic heterocycles. The van der Waals surface area contributed by atoms with E-state index in [4.69, 9.17) is 5.11 Å². The topological polar surface area (TPSA) is 38.0 Å². The van der Waals surface area contributed by atoms with Gasteiger partial charge in [0.2, 0.25) is 0 Å². The van der Waals surface area contributed by atoms with E-state index in [1.54, 1.807) is 24.0 Å². The zero-order valence-electron chi connectivity index (χ0n) is 7.61. The van der Waals surface area contributed by atoms with Crippen molar-refractivity contribution in [2.45, 2.75) is 0 Å². The van der Waals surface area contributed by atoms with E-state index in [-0.39, 0.29) is 5.75 Å². The Kier molecular flexibility index (Phi) is 1.96. The van der Waals surface area contributed by atoms with Crippen LogP contribution >= 0.6 is 0 Å². The second-order valence-corrected chi connectivity index (χ2v) is 3.00. The molecule has 0 fully saturated rings. The van der Waals surface area contributed by atoms with Gasteiger partial charge in [-0.3, -0.25) is 4.68 Å². The number of rotatable bonds is 1. The summed E-state index contributed by atoms with van der Waals surface area (Å²) in [6.07, 6.45) is 1.60. The molecule has 3 nitrogen and oxygen atoms in total. The highest BCUT2D eigenvalue weighted by Crippen LogP contribution is 2.24. The Bertz CT molecular complexity index is 465. The summed E-state index contributed by atoms with van der Waals surface area (Å²) in [5.74, 6) is -0.526. The van der Waals surface area contributed by atoms with Crippen LogP contribution in [0.25, 0.3) is 11.3 Å². The smallest absolute Gasteiger partial charge is 0.136 e. The Hall–Kier alpha value is -1.84. The van der Waals surface area contributed by atoms with E-state index in [1.165, 1.54) is 12.1 Å². The Morgan fingerprint density at radius 2 is 2.14 bits per heavy atom. The summed E-state index contributed by atoms with van der Waals surface area (Å²) in [7, 11) is 1.74. The molecule has 1 heterocycles. The lowest BCUT2D eigenvalue weighted by Gasteiger charge is -2.03. The first kappa shape index (κ1) is 8.74. The summed E-state index contributed by atoms with van der Waals surface area (Å²) >= 11 is 0. The zero-order chi connectivity index (χ0) is 10.1. The SMILES string of the molecule is Cn1nccc1-c1ccc(O)cc1F. The molecule has 0 radical (unpaired) electrons. The van der Waals surface area contributed by atoms with Gasteiger partial charge in [0.1, 0.15) is 11.6 Å². The van der Waals surface area contributed by atoms with E-state index < -0.39 is 5.82 Å². The van der Waals surface area contributed by atoms with Gasteiger partial charge in [-0.05, 0) is 18.2 Å². The molecule has 0 amide bonds. The molecule has 4 heteroatoms. The van der Waals surface area contributed by atoms with Crippen molar-refractivity contribution in [1.29, 1.82) is 0 Å². The molecule has 1 aromatic carbocycles. The molecule has 0 bridgehead atoms. The lowest BCUT2D eigenvalue weighted by molar-refractivity contribution is 0.469. The summed E-state index contributed by atoms with van der Waals surface area (Å²) in [6.45, 7) is 0. The highest BCUT2D eigenvalue weighted by atomic mass is 19.1. The zero-order valence-corrected chi connectivity index (χ0v) is 7.61. The van der Waals surface area contributed by atoms with Crippen molar-refractivity contribution in [1.82, 2.24) is 9.78 Å². The van der Waals surface area contributed by atoms with Crippen LogP contribution in [-0.4, -0.2) is 14.9 Å². The third kappa shape index (κ3) is 1.35. The molecule has 0 saturated heterocycles. The number of phenolic OH excluding ortho intramolecular Hbond substituents is 1. The number of aromatic hydroxyl groups is 1. The van der Waals surface area contributed by atoms with Crippen molar-refractivity contribution in [3.8, 4) is 17.0 Å². The monoisotopic (exact) mass is 192 g/mol. The fourth-order valence-electron chi connectivity index (χ4n) is 1.35. The Balaban J connectivity index is 2.58. The van der Waals surface area contributed by atoms with Crippen LogP contribution in [0.1, 0.15) is 0 Å². The first-order valence-corrected chi connectivity index (χ1v) is 4.15. The van der Waals surface area contributed by atoms with Crippen LogP contribution in [-0.2, 0) is 7.05 Å². The largest absolute Gasteiger partial charge is 0.508 e. The third-order valence-corrected chi connectivity index (χ3v) is 2.05. The molecule has 0 aliphatic heterocycles. The number of benzene rings is 1. The van der Waals surface area contributed by atoms with Crippen LogP contribution in [0.3, 0.4) is 0 Å². The maximum atomic E-state index is 13.4. The lowest BCUT2D eigenvalue weighted by Crippen LogP contribution is -1.94. The molecule has 0 saturated carbocycles.